The molecule has 0 rings (SSSR count). The zero-order chi connectivity index (χ0) is 38.4. The molecule has 0 aliphatic heterocycles. The van der Waals surface area contributed by atoms with Crippen molar-refractivity contribution in [2.45, 2.75) is 122 Å². The van der Waals surface area contributed by atoms with Gasteiger partial charge in [-0.15, -0.1) is 0 Å². The molecule has 0 aromatic heterocycles. The Balaban J connectivity index is 4.52. The van der Waals surface area contributed by atoms with Crippen molar-refractivity contribution in [2.24, 2.45) is 0 Å². The van der Waals surface area contributed by atoms with Gasteiger partial charge < -0.3 is 24.6 Å². The maximum Gasteiger partial charge on any atom is 0.472 e. The third-order valence-corrected chi connectivity index (χ3v) is 8.03. The van der Waals surface area contributed by atoms with Crippen molar-refractivity contribution < 1.29 is 47.8 Å². The summed E-state index contributed by atoms with van der Waals surface area (Å²) in [4.78, 5) is 34.8. The zero-order valence-electron chi connectivity index (χ0n) is 31.5. The number of ether oxygens (including phenoxy) is 2. The fourth-order valence-corrected chi connectivity index (χ4v) is 5.02. The van der Waals surface area contributed by atoms with Crippen LogP contribution in [0.2, 0.25) is 0 Å². The largest absolute Gasteiger partial charge is 0.472 e. The number of hydrogen-bond acceptors (Lipinski definition) is 9. The number of phosphoric acid groups is 1. The van der Waals surface area contributed by atoms with E-state index in [-0.39, 0.29) is 19.4 Å². The molecule has 3 N–H and O–H groups in total. The smallest absolute Gasteiger partial charge is 0.462 e. The molecule has 0 saturated carbocycles. The van der Waals surface area contributed by atoms with Crippen LogP contribution in [0.1, 0.15) is 110 Å². The van der Waals surface area contributed by atoms with Gasteiger partial charge in [0, 0.05) is 12.8 Å². The SMILES string of the molecule is CC/C=C/C=C/C=C/C=C/CCCCCC(=O)OC(COC(=O)CCCCC/C=C/C/C=C/C/C=C/C/C=C/CC)COP(=O)(O)OC[C@@H](O)CO. The van der Waals surface area contributed by atoms with Gasteiger partial charge in [-0.2, -0.15) is 0 Å². The molecule has 294 valence electrons. The minimum atomic E-state index is -4.64. The van der Waals surface area contributed by atoms with Crippen molar-refractivity contribution in [2.75, 3.05) is 26.4 Å². The Hall–Kier alpha value is -3.11. The molecule has 0 spiro atoms. The van der Waals surface area contributed by atoms with Crippen molar-refractivity contribution in [1.82, 2.24) is 0 Å². The molecule has 0 amide bonds. The lowest BCUT2D eigenvalue weighted by atomic mass is 10.1. The monoisotopic (exact) mass is 748 g/mol. The molecular weight excluding hydrogens is 683 g/mol. The second-order valence-electron chi connectivity index (χ2n) is 11.9. The summed E-state index contributed by atoms with van der Waals surface area (Å²) in [6.07, 6.45) is 42.4. The number of allylic oxidation sites excluding steroid dienone is 16. The molecule has 0 saturated heterocycles. The summed E-state index contributed by atoms with van der Waals surface area (Å²) in [6, 6.07) is 0. The highest BCUT2D eigenvalue weighted by Crippen LogP contribution is 2.43. The Morgan fingerprint density at radius 2 is 1.10 bits per heavy atom. The van der Waals surface area contributed by atoms with Gasteiger partial charge in [0.15, 0.2) is 6.10 Å². The van der Waals surface area contributed by atoms with Crippen LogP contribution < -0.4 is 0 Å². The molecule has 11 heteroatoms. The fraction of sp³-hybridized carbons (Fsp3) is 0.561. The lowest BCUT2D eigenvalue weighted by molar-refractivity contribution is -0.161. The average Bonchev–Trinajstić information content (AvgIpc) is 3.13. The minimum absolute atomic E-state index is 0.124. The van der Waals surface area contributed by atoms with Gasteiger partial charge >= 0.3 is 19.8 Å². The maximum atomic E-state index is 12.5. The zero-order valence-corrected chi connectivity index (χ0v) is 32.4. The molecule has 0 radical (unpaired) electrons. The number of carbonyl (C=O) groups excluding carboxylic acids is 2. The Kier molecular flexibility index (Phi) is 34.1. The topological polar surface area (TPSA) is 149 Å². The van der Waals surface area contributed by atoms with Crippen molar-refractivity contribution in [1.29, 1.82) is 0 Å². The van der Waals surface area contributed by atoms with Gasteiger partial charge in [-0.3, -0.25) is 18.6 Å². The van der Waals surface area contributed by atoms with Crippen molar-refractivity contribution in [3.05, 3.63) is 97.2 Å². The lowest BCUT2D eigenvalue weighted by Gasteiger charge is -2.20. The van der Waals surface area contributed by atoms with Crippen molar-refractivity contribution >= 4 is 19.8 Å². The number of rotatable bonds is 33. The minimum Gasteiger partial charge on any atom is -0.462 e. The van der Waals surface area contributed by atoms with Crippen LogP contribution in [0.5, 0.6) is 0 Å². The highest BCUT2D eigenvalue weighted by molar-refractivity contribution is 7.47. The Morgan fingerprint density at radius 1 is 0.596 bits per heavy atom. The number of carbonyl (C=O) groups is 2. The number of aliphatic hydroxyl groups excluding tert-OH is 2. The Morgan fingerprint density at radius 3 is 1.69 bits per heavy atom. The maximum absolute atomic E-state index is 12.5. The van der Waals surface area contributed by atoms with E-state index in [4.69, 9.17) is 19.1 Å². The highest BCUT2D eigenvalue weighted by atomic mass is 31.2. The van der Waals surface area contributed by atoms with Gasteiger partial charge in [0.1, 0.15) is 12.7 Å². The number of esters is 2. The standard InChI is InChI=1S/C41H65O10P/c1-3-5-7-9-11-13-15-17-18-19-21-22-24-26-28-30-32-40(44)48-36-39(37-50-52(46,47)49-35-38(43)34-42)51-41(45)33-31-29-27-25-23-20-16-14-12-10-8-6-4-2/h5-8,10-14,16-18,20-23,38-39,42-43H,3-4,9,15,19,24-37H2,1-2H3,(H,46,47)/b7-5+,8-6+,12-10+,13-11+,16-14+,18-17+,22-21+,23-20+/t38-,39?/m0/s1. The van der Waals surface area contributed by atoms with E-state index in [0.717, 1.165) is 70.6 Å². The Labute approximate surface area is 313 Å². The second kappa shape index (κ2) is 36.3. The summed E-state index contributed by atoms with van der Waals surface area (Å²) in [7, 11) is -4.64. The molecule has 0 fully saturated rings. The Bertz CT molecular complexity index is 1180. The fourth-order valence-electron chi connectivity index (χ4n) is 4.23. The summed E-state index contributed by atoms with van der Waals surface area (Å²) in [6.45, 7) is 1.99. The number of aliphatic hydroxyl groups is 2. The van der Waals surface area contributed by atoms with Crippen LogP contribution in [-0.4, -0.2) is 65.7 Å². The summed E-state index contributed by atoms with van der Waals surface area (Å²) in [5.41, 5.74) is 0. The summed E-state index contributed by atoms with van der Waals surface area (Å²) in [5, 5.41) is 18.3. The van der Waals surface area contributed by atoms with Gasteiger partial charge in [0.25, 0.3) is 0 Å². The summed E-state index contributed by atoms with van der Waals surface area (Å²) in [5.74, 6) is -1.02. The van der Waals surface area contributed by atoms with E-state index in [1.54, 1.807) is 0 Å². The number of unbranched alkanes of at least 4 members (excludes halogenated alkanes) is 6. The first-order chi connectivity index (χ1) is 25.2. The van der Waals surface area contributed by atoms with Gasteiger partial charge in [0.05, 0.1) is 19.8 Å². The predicted octanol–water partition coefficient (Wildman–Crippen LogP) is 9.27. The van der Waals surface area contributed by atoms with Crippen LogP contribution in [0.4, 0.5) is 0 Å². The molecule has 52 heavy (non-hydrogen) atoms. The average molecular weight is 749 g/mol. The van der Waals surface area contributed by atoms with Crippen molar-refractivity contribution in [3.63, 3.8) is 0 Å². The molecular formula is C41H65O10P. The van der Waals surface area contributed by atoms with Gasteiger partial charge in [-0.05, 0) is 70.6 Å². The quantitative estimate of drug-likeness (QED) is 0.0195. The molecule has 0 aliphatic rings. The van der Waals surface area contributed by atoms with E-state index >= 15 is 0 Å². The first kappa shape index (κ1) is 48.9. The van der Waals surface area contributed by atoms with E-state index in [2.05, 4.69) is 79.1 Å². The van der Waals surface area contributed by atoms with E-state index in [1.807, 2.05) is 36.5 Å². The molecule has 0 heterocycles. The van der Waals surface area contributed by atoms with E-state index in [0.29, 0.717) is 12.8 Å². The van der Waals surface area contributed by atoms with Gasteiger partial charge in [-0.1, -0.05) is 124 Å². The van der Waals surface area contributed by atoms with Crippen LogP contribution >= 0.6 is 7.82 Å². The normalized spacial score (nSPS) is 15.1. The number of hydrogen-bond donors (Lipinski definition) is 3. The first-order valence-corrected chi connectivity index (χ1v) is 20.2. The molecule has 10 nitrogen and oxygen atoms in total. The van der Waals surface area contributed by atoms with E-state index in [1.165, 1.54) is 0 Å². The second-order valence-corrected chi connectivity index (χ2v) is 13.4. The van der Waals surface area contributed by atoms with Crippen LogP contribution in [0.25, 0.3) is 0 Å². The third kappa shape index (κ3) is 35.3. The van der Waals surface area contributed by atoms with Crippen LogP contribution in [0.3, 0.4) is 0 Å². The van der Waals surface area contributed by atoms with Crippen LogP contribution in [0, 0.1) is 0 Å². The summed E-state index contributed by atoms with van der Waals surface area (Å²) < 4.78 is 32.5. The predicted molar refractivity (Wildman–Crippen MR) is 209 cm³/mol. The molecule has 2 unspecified atom stereocenters. The molecule has 0 aromatic rings. The first-order valence-electron chi connectivity index (χ1n) is 18.7. The molecule has 0 aromatic carbocycles. The summed E-state index contributed by atoms with van der Waals surface area (Å²) >= 11 is 0. The van der Waals surface area contributed by atoms with Crippen molar-refractivity contribution in [3.8, 4) is 0 Å². The van der Waals surface area contributed by atoms with Gasteiger partial charge in [-0.25, -0.2) is 4.57 Å². The van der Waals surface area contributed by atoms with Crippen LogP contribution in [-0.2, 0) is 32.7 Å². The van der Waals surface area contributed by atoms with Gasteiger partial charge in [0.2, 0.25) is 0 Å². The van der Waals surface area contributed by atoms with E-state index in [9.17, 15) is 24.2 Å². The highest BCUT2D eigenvalue weighted by Gasteiger charge is 2.27. The third-order valence-electron chi connectivity index (χ3n) is 7.08. The van der Waals surface area contributed by atoms with E-state index < -0.39 is 51.8 Å². The lowest BCUT2D eigenvalue weighted by Crippen LogP contribution is -2.29. The van der Waals surface area contributed by atoms with Crippen LogP contribution in [0.15, 0.2) is 97.2 Å². The molecule has 3 atom stereocenters. The molecule has 0 bridgehead atoms. The molecule has 0 aliphatic carbocycles. The number of phosphoric ester groups is 1.